The van der Waals surface area contributed by atoms with Crippen molar-refractivity contribution in [2.24, 2.45) is 0 Å². The van der Waals surface area contributed by atoms with E-state index in [9.17, 15) is 19.4 Å². The van der Waals surface area contributed by atoms with Crippen LogP contribution in [0, 0.1) is 0 Å². The third kappa shape index (κ3) is 50.6. The van der Waals surface area contributed by atoms with Gasteiger partial charge in [0.15, 0.2) is 0 Å². The van der Waals surface area contributed by atoms with Crippen LogP contribution in [0.1, 0.15) is 271 Å². The number of carbonyl (C=O) groups is 1. The Bertz CT molecular complexity index is 1170. The maximum absolute atomic E-state index is 12.9. The summed E-state index contributed by atoms with van der Waals surface area (Å²) < 4.78 is 23.3. The van der Waals surface area contributed by atoms with Crippen molar-refractivity contribution in [3.05, 3.63) is 36.5 Å². The van der Waals surface area contributed by atoms with Gasteiger partial charge in [-0.15, -0.1) is 0 Å². The normalized spacial score (nSPS) is 14.2. The number of aliphatic hydroxyl groups excluding tert-OH is 1. The molecule has 66 heavy (non-hydrogen) atoms. The van der Waals surface area contributed by atoms with Crippen LogP contribution in [-0.2, 0) is 18.4 Å². The number of unbranched alkanes of at least 4 members (excludes halogenated alkanes) is 35. The van der Waals surface area contributed by atoms with E-state index >= 15 is 0 Å². The molecule has 0 saturated heterocycles. The number of nitrogens with one attached hydrogen (secondary N) is 1. The largest absolute Gasteiger partial charge is 0.756 e. The zero-order valence-electron chi connectivity index (χ0n) is 44.4. The Hall–Kier alpha value is -1.28. The standard InChI is InChI=1S/C57H111N2O6P/c1-6-8-10-12-14-16-18-20-22-24-26-27-28-29-30-31-32-33-35-37-39-41-43-45-47-49-51-57(61)58-55(54-65-66(62,63)64-53-52-59(3,4)5)56(60)50-48-46-44-42-40-38-36-34-25-23-21-19-17-15-13-11-9-7-2/h25,34,40,42,48,50,55-56,60H,6-24,26-33,35-39,41,43-47,49,51-54H2,1-5H3,(H-,58,61,62,63)/b34-25+,42-40+,50-48+. The Morgan fingerprint density at radius 1 is 0.515 bits per heavy atom. The molecule has 390 valence electrons. The van der Waals surface area contributed by atoms with Gasteiger partial charge >= 0.3 is 0 Å². The second-order valence-corrected chi connectivity index (χ2v) is 22.0. The number of amides is 1. The van der Waals surface area contributed by atoms with Gasteiger partial charge in [-0.25, -0.2) is 0 Å². The number of rotatable bonds is 52. The van der Waals surface area contributed by atoms with Crippen molar-refractivity contribution in [1.82, 2.24) is 5.32 Å². The Kier molecular flexibility index (Phi) is 47.8. The average molecular weight is 951 g/mol. The minimum absolute atomic E-state index is 0.00746. The van der Waals surface area contributed by atoms with E-state index < -0.39 is 26.6 Å². The van der Waals surface area contributed by atoms with Crippen molar-refractivity contribution in [3.63, 3.8) is 0 Å². The van der Waals surface area contributed by atoms with Gasteiger partial charge in [0.25, 0.3) is 7.82 Å². The average Bonchev–Trinajstić information content (AvgIpc) is 3.28. The first-order chi connectivity index (χ1) is 32.0. The summed E-state index contributed by atoms with van der Waals surface area (Å²) in [5.74, 6) is -0.207. The van der Waals surface area contributed by atoms with Gasteiger partial charge in [0.05, 0.1) is 39.9 Å². The molecule has 0 aliphatic carbocycles. The van der Waals surface area contributed by atoms with Gasteiger partial charge in [-0.3, -0.25) is 9.36 Å². The van der Waals surface area contributed by atoms with E-state index in [0.29, 0.717) is 17.4 Å². The summed E-state index contributed by atoms with van der Waals surface area (Å²) in [7, 11) is 1.24. The molecule has 0 aromatic heterocycles. The maximum Gasteiger partial charge on any atom is 0.268 e. The fraction of sp³-hybridized carbons (Fsp3) is 0.877. The molecule has 0 saturated carbocycles. The first-order valence-electron chi connectivity index (χ1n) is 28.4. The van der Waals surface area contributed by atoms with Gasteiger partial charge < -0.3 is 28.8 Å². The Labute approximate surface area is 410 Å². The quantitative estimate of drug-likeness (QED) is 0.0272. The van der Waals surface area contributed by atoms with E-state index in [2.05, 4.69) is 43.5 Å². The fourth-order valence-corrected chi connectivity index (χ4v) is 9.09. The monoisotopic (exact) mass is 951 g/mol. The lowest BCUT2D eigenvalue weighted by atomic mass is 10.0. The van der Waals surface area contributed by atoms with Crippen LogP contribution < -0.4 is 10.2 Å². The molecule has 9 heteroatoms. The zero-order chi connectivity index (χ0) is 48.5. The van der Waals surface area contributed by atoms with Gasteiger partial charge in [0, 0.05) is 6.42 Å². The predicted molar refractivity (Wildman–Crippen MR) is 284 cm³/mol. The van der Waals surface area contributed by atoms with Crippen LogP contribution in [0.15, 0.2) is 36.5 Å². The van der Waals surface area contributed by atoms with Gasteiger partial charge in [0.1, 0.15) is 13.2 Å². The van der Waals surface area contributed by atoms with Crippen molar-refractivity contribution in [2.45, 2.75) is 283 Å². The number of aliphatic hydroxyl groups is 1. The lowest BCUT2D eigenvalue weighted by Gasteiger charge is -2.29. The number of quaternary nitrogens is 1. The highest BCUT2D eigenvalue weighted by Crippen LogP contribution is 2.38. The predicted octanol–water partition coefficient (Wildman–Crippen LogP) is 16.4. The minimum Gasteiger partial charge on any atom is -0.756 e. The molecule has 0 rings (SSSR count). The molecule has 0 aliphatic heterocycles. The molecule has 0 bridgehead atoms. The third-order valence-electron chi connectivity index (χ3n) is 12.8. The van der Waals surface area contributed by atoms with Crippen LogP contribution in [0.3, 0.4) is 0 Å². The molecular formula is C57H111N2O6P. The van der Waals surface area contributed by atoms with Crippen molar-refractivity contribution < 1.29 is 32.9 Å². The number of nitrogens with zero attached hydrogens (tertiary/aromatic N) is 1. The van der Waals surface area contributed by atoms with E-state index in [1.165, 1.54) is 205 Å². The van der Waals surface area contributed by atoms with E-state index in [0.717, 1.165) is 44.9 Å². The maximum atomic E-state index is 12.9. The smallest absolute Gasteiger partial charge is 0.268 e. The highest BCUT2D eigenvalue weighted by atomic mass is 31.2. The minimum atomic E-state index is -4.60. The molecular weight excluding hydrogens is 840 g/mol. The lowest BCUT2D eigenvalue weighted by Crippen LogP contribution is -2.45. The summed E-state index contributed by atoms with van der Waals surface area (Å²) in [6, 6.07) is -0.907. The van der Waals surface area contributed by atoms with Crippen LogP contribution in [0.5, 0.6) is 0 Å². The summed E-state index contributed by atoms with van der Waals surface area (Å²) in [6.45, 7) is 4.65. The molecule has 0 fully saturated rings. The number of allylic oxidation sites excluding steroid dienone is 5. The molecule has 0 radical (unpaired) electrons. The molecule has 2 N–H and O–H groups in total. The number of likely N-dealkylation sites (N-methyl/N-ethyl adjacent to an activating group) is 1. The van der Waals surface area contributed by atoms with E-state index in [-0.39, 0.29) is 12.5 Å². The van der Waals surface area contributed by atoms with Crippen LogP contribution in [0.4, 0.5) is 0 Å². The van der Waals surface area contributed by atoms with E-state index in [1.807, 2.05) is 27.2 Å². The Balaban J connectivity index is 4.21. The van der Waals surface area contributed by atoms with Crippen molar-refractivity contribution in [2.75, 3.05) is 40.9 Å². The van der Waals surface area contributed by atoms with E-state index in [1.54, 1.807) is 6.08 Å². The number of carbonyl (C=O) groups excluding carboxylic acids is 1. The second kappa shape index (κ2) is 48.7. The second-order valence-electron chi connectivity index (χ2n) is 20.6. The third-order valence-corrected chi connectivity index (χ3v) is 13.8. The molecule has 3 atom stereocenters. The molecule has 0 aliphatic rings. The molecule has 0 aromatic rings. The van der Waals surface area contributed by atoms with Crippen molar-refractivity contribution >= 4 is 13.7 Å². The summed E-state index contributed by atoms with van der Waals surface area (Å²) in [4.78, 5) is 25.5. The summed E-state index contributed by atoms with van der Waals surface area (Å²) in [5, 5.41) is 13.8. The van der Waals surface area contributed by atoms with E-state index in [4.69, 9.17) is 9.05 Å². The van der Waals surface area contributed by atoms with Crippen molar-refractivity contribution in [3.8, 4) is 0 Å². The van der Waals surface area contributed by atoms with Crippen LogP contribution in [0.25, 0.3) is 0 Å². The van der Waals surface area contributed by atoms with Gasteiger partial charge in [-0.05, 0) is 44.9 Å². The molecule has 0 aromatic carbocycles. The van der Waals surface area contributed by atoms with Crippen LogP contribution >= 0.6 is 7.82 Å². The highest BCUT2D eigenvalue weighted by Gasteiger charge is 2.23. The first kappa shape index (κ1) is 64.7. The van der Waals surface area contributed by atoms with Crippen LogP contribution in [-0.4, -0.2) is 68.5 Å². The Morgan fingerprint density at radius 2 is 0.848 bits per heavy atom. The number of hydrogen-bond acceptors (Lipinski definition) is 6. The molecule has 0 heterocycles. The summed E-state index contributed by atoms with van der Waals surface area (Å²) >= 11 is 0. The molecule has 3 unspecified atom stereocenters. The first-order valence-corrected chi connectivity index (χ1v) is 29.8. The molecule has 0 spiro atoms. The lowest BCUT2D eigenvalue weighted by molar-refractivity contribution is -0.870. The summed E-state index contributed by atoms with van der Waals surface area (Å²) in [5.41, 5.74) is 0. The number of phosphoric ester groups is 1. The van der Waals surface area contributed by atoms with Crippen LogP contribution in [0.2, 0.25) is 0 Å². The SMILES string of the molecule is CCCCCCCCCC/C=C/CC/C=C/CC/C=C/C(O)C(COP(=O)([O-])OCC[N+](C)(C)C)NC(=O)CCCCCCCCCCCCCCCCCCCCCCCCCCCC. The summed E-state index contributed by atoms with van der Waals surface area (Å²) in [6.07, 6.45) is 62.3. The molecule has 8 nitrogen and oxygen atoms in total. The highest BCUT2D eigenvalue weighted by molar-refractivity contribution is 7.45. The topological polar surface area (TPSA) is 108 Å². The number of phosphoric acid groups is 1. The van der Waals surface area contributed by atoms with Crippen molar-refractivity contribution in [1.29, 1.82) is 0 Å². The van der Waals surface area contributed by atoms with Gasteiger partial charge in [-0.2, -0.15) is 0 Å². The zero-order valence-corrected chi connectivity index (χ0v) is 45.3. The number of hydrogen-bond donors (Lipinski definition) is 2. The molecule has 1 amide bonds. The van der Waals surface area contributed by atoms with Gasteiger partial charge in [-0.1, -0.05) is 256 Å². The fourth-order valence-electron chi connectivity index (χ4n) is 8.36. The van der Waals surface area contributed by atoms with Gasteiger partial charge in [0.2, 0.25) is 5.91 Å². The Morgan fingerprint density at radius 3 is 1.23 bits per heavy atom.